The second-order valence-corrected chi connectivity index (χ2v) is 5.23. The Morgan fingerprint density at radius 1 is 1.23 bits per heavy atom. The van der Waals surface area contributed by atoms with Gasteiger partial charge in [0.2, 0.25) is 5.91 Å². The molecule has 1 aliphatic heterocycles. The van der Waals surface area contributed by atoms with E-state index >= 15 is 0 Å². The molecule has 3 rings (SSSR count). The summed E-state index contributed by atoms with van der Waals surface area (Å²) in [6.45, 7) is 0.622. The van der Waals surface area contributed by atoms with Crippen LogP contribution in [0.5, 0.6) is 0 Å². The van der Waals surface area contributed by atoms with E-state index in [0.29, 0.717) is 13.2 Å². The molecule has 1 saturated heterocycles. The van der Waals surface area contributed by atoms with Gasteiger partial charge in [0.1, 0.15) is 12.1 Å². The van der Waals surface area contributed by atoms with Gasteiger partial charge in [-0.3, -0.25) is 19.1 Å². The monoisotopic (exact) mass is 301 g/mol. The summed E-state index contributed by atoms with van der Waals surface area (Å²) in [4.78, 5) is 36.9. The minimum atomic E-state index is -0.610. The summed E-state index contributed by atoms with van der Waals surface area (Å²) in [5.74, 6) is -0.318. The molecule has 22 heavy (non-hydrogen) atoms. The second kappa shape index (κ2) is 5.61. The van der Waals surface area contributed by atoms with Crippen molar-refractivity contribution in [2.24, 2.45) is 0 Å². The standard InChI is InChI=1S/C15H15N3O4/c19-12-6-7-18(14(21)16-12)8-13(20)17-15(9-22-10-15)11-4-2-1-3-5-11/h1-7H,8-10H2,(H,17,20)(H,16,19,21). The molecule has 1 amide bonds. The number of carbonyl (C=O) groups is 1. The molecule has 0 radical (unpaired) electrons. The lowest BCUT2D eigenvalue weighted by molar-refractivity contribution is -0.134. The third-order valence-corrected chi connectivity index (χ3v) is 3.61. The van der Waals surface area contributed by atoms with Gasteiger partial charge in [-0.2, -0.15) is 0 Å². The molecule has 2 heterocycles. The number of hydrogen-bond donors (Lipinski definition) is 2. The molecule has 7 heteroatoms. The molecule has 2 N–H and O–H groups in total. The molecule has 7 nitrogen and oxygen atoms in total. The van der Waals surface area contributed by atoms with Crippen LogP contribution in [-0.2, 0) is 21.6 Å². The Labute approximate surface area is 125 Å². The third kappa shape index (κ3) is 2.71. The first kappa shape index (κ1) is 14.3. The van der Waals surface area contributed by atoms with Crippen LogP contribution in [0.15, 0.2) is 52.2 Å². The number of ether oxygens (including phenoxy) is 1. The maximum atomic E-state index is 12.2. The van der Waals surface area contributed by atoms with Crippen molar-refractivity contribution in [2.45, 2.75) is 12.1 Å². The van der Waals surface area contributed by atoms with Gasteiger partial charge in [-0.25, -0.2) is 4.79 Å². The van der Waals surface area contributed by atoms with E-state index in [9.17, 15) is 14.4 Å². The fourth-order valence-electron chi connectivity index (χ4n) is 2.40. The third-order valence-electron chi connectivity index (χ3n) is 3.61. The minimum Gasteiger partial charge on any atom is -0.376 e. The molecule has 114 valence electrons. The van der Waals surface area contributed by atoms with Gasteiger partial charge in [0.15, 0.2) is 0 Å². The molecule has 0 saturated carbocycles. The van der Waals surface area contributed by atoms with Gasteiger partial charge in [-0.15, -0.1) is 0 Å². The number of aromatic amines is 1. The number of rotatable bonds is 4. The zero-order valence-electron chi connectivity index (χ0n) is 11.7. The Balaban J connectivity index is 1.76. The molecule has 0 spiro atoms. The van der Waals surface area contributed by atoms with Crippen molar-refractivity contribution in [1.29, 1.82) is 0 Å². The minimum absolute atomic E-state index is 0.163. The van der Waals surface area contributed by atoms with Crippen LogP contribution in [-0.4, -0.2) is 28.7 Å². The maximum Gasteiger partial charge on any atom is 0.328 e. The number of H-pyrrole nitrogens is 1. The first-order chi connectivity index (χ1) is 10.6. The highest BCUT2D eigenvalue weighted by Crippen LogP contribution is 2.29. The molecule has 0 aliphatic carbocycles. The van der Waals surface area contributed by atoms with Gasteiger partial charge in [0, 0.05) is 12.3 Å². The lowest BCUT2D eigenvalue weighted by atomic mass is 9.88. The van der Waals surface area contributed by atoms with E-state index in [2.05, 4.69) is 10.3 Å². The lowest BCUT2D eigenvalue weighted by Gasteiger charge is -2.42. The smallest absolute Gasteiger partial charge is 0.328 e. The van der Waals surface area contributed by atoms with E-state index in [4.69, 9.17) is 4.74 Å². The maximum absolute atomic E-state index is 12.2. The molecular formula is C15H15N3O4. The lowest BCUT2D eigenvalue weighted by Crippen LogP contribution is -2.60. The van der Waals surface area contributed by atoms with Crippen LogP contribution in [0.2, 0.25) is 0 Å². The van der Waals surface area contributed by atoms with Crippen LogP contribution in [0.1, 0.15) is 5.56 Å². The van der Waals surface area contributed by atoms with Crippen LogP contribution >= 0.6 is 0 Å². The van der Waals surface area contributed by atoms with Crippen molar-refractivity contribution < 1.29 is 9.53 Å². The molecule has 0 unspecified atom stereocenters. The first-order valence-corrected chi connectivity index (χ1v) is 6.83. The number of carbonyl (C=O) groups excluding carboxylic acids is 1. The molecule has 0 bridgehead atoms. The summed E-state index contributed by atoms with van der Waals surface area (Å²) in [5.41, 5.74) is -0.691. The van der Waals surface area contributed by atoms with Gasteiger partial charge < -0.3 is 10.1 Å². The fourth-order valence-corrected chi connectivity index (χ4v) is 2.40. The highest BCUT2D eigenvalue weighted by atomic mass is 16.5. The van der Waals surface area contributed by atoms with Crippen molar-refractivity contribution in [1.82, 2.24) is 14.9 Å². The average Bonchev–Trinajstić information content (AvgIpc) is 2.47. The largest absolute Gasteiger partial charge is 0.376 e. The van der Waals surface area contributed by atoms with Crippen molar-refractivity contribution >= 4 is 5.91 Å². The molecule has 1 aromatic heterocycles. The first-order valence-electron chi connectivity index (χ1n) is 6.83. The van der Waals surface area contributed by atoms with Gasteiger partial charge in [-0.1, -0.05) is 30.3 Å². The Kier molecular flexibility index (Phi) is 3.64. The van der Waals surface area contributed by atoms with E-state index in [1.807, 2.05) is 30.3 Å². The number of amides is 1. The Bertz CT molecular complexity index is 790. The number of hydrogen-bond acceptors (Lipinski definition) is 4. The van der Waals surface area contributed by atoms with Crippen LogP contribution in [0.3, 0.4) is 0 Å². The molecule has 1 aromatic carbocycles. The van der Waals surface area contributed by atoms with Crippen molar-refractivity contribution in [3.05, 3.63) is 69.0 Å². The topological polar surface area (TPSA) is 93.2 Å². The highest BCUT2D eigenvalue weighted by Gasteiger charge is 2.41. The van der Waals surface area contributed by atoms with Crippen LogP contribution < -0.4 is 16.6 Å². The Morgan fingerprint density at radius 3 is 2.55 bits per heavy atom. The van der Waals surface area contributed by atoms with E-state index in [0.717, 1.165) is 10.1 Å². The SMILES string of the molecule is O=C(Cn1ccc(=O)[nH]c1=O)NC1(c2ccccc2)COC1. The van der Waals surface area contributed by atoms with Crippen LogP contribution in [0, 0.1) is 0 Å². The van der Waals surface area contributed by atoms with E-state index in [-0.39, 0.29) is 12.5 Å². The number of nitrogens with one attached hydrogen (secondary N) is 2. The van der Waals surface area contributed by atoms with Gasteiger partial charge in [0.05, 0.1) is 13.2 Å². The predicted octanol–water partition coefficient (Wildman–Crippen LogP) is -0.421. The van der Waals surface area contributed by atoms with E-state index < -0.39 is 16.8 Å². The molecule has 0 atom stereocenters. The summed E-state index contributed by atoms with van der Waals surface area (Å²) in [6.07, 6.45) is 1.30. The summed E-state index contributed by atoms with van der Waals surface area (Å²) in [7, 11) is 0. The predicted molar refractivity (Wildman–Crippen MR) is 78.4 cm³/mol. The Morgan fingerprint density at radius 2 is 1.95 bits per heavy atom. The van der Waals surface area contributed by atoms with E-state index in [1.54, 1.807) is 0 Å². The summed E-state index contributed by atoms with van der Waals surface area (Å²) < 4.78 is 6.40. The average molecular weight is 301 g/mol. The normalized spacial score (nSPS) is 15.8. The van der Waals surface area contributed by atoms with Crippen molar-refractivity contribution in [3.63, 3.8) is 0 Å². The summed E-state index contributed by atoms with van der Waals surface area (Å²) in [5, 5.41) is 2.92. The molecular weight excluding hydrogens is 286 g/mol. The summed E-state index contributed by atoms with van der Waals surface area (Å²) >= 11 is 0. The van der Waals surface area contributed by atoms with Crippen molar-refractivity contribution in [3.8, 4) is 0 Å². The molecule has 1 aliphatic rings. The van der Waals surface area contributed by atoms with Gasteiger partial charge in [-0.05, 0) is 5.56 Å². The number of nitrogens with zero attached hydrogens (tertiary/aromatic N) is 1. The molecule has 2 aromatic rings. The number of aromatic nitrogens is 2. The van der Waals surface area contributed by atoms with Crippen LogP contribution in [0.25, 0.3) is 0 Å². The quantitative estimate of drug-likeness (QED) is 0.802. The van der Waals surface area contributed by atoms with Crippen molar-refractivity contribution in [2.75, 3.05) is 13.2 Å². The molecule has 1 fully saturated rings. The highest BCUT2D eigenvalue weighted by molar-refractivity contribution is 5.77. The van der Waals surface area contributed by atoms with E-state index in [1.165, 1.54) is 12.3 Å². The summed E-state index contributed by atoms with van der Waals surface area (Å²) in [6, 6.07) is 10.7. The Hall–Kier alpha value is -2.67. The fraction of sp³-hybridized carbons (Fsp3) is 0.267. The zero-order chi connectivity index (χ0) is 15.6. The van der Waals surface area contributed by atoms with Gasteiger partial charge in [0.25, 0.3) is 5.56 Å². The van der Waals surface area contributed by atoms with Gasteiger partial charge >= 0.3 is 5.69 Å². The second-order valence-electron chi connectivity index (χ2n) is 5.23. The number of benzene rings is 1. The zero-order valence-corrected chi connectivity index (χ0v) is 11.7. The van der Waals surface area contributed by atoms with Crippen LogP contribution in [0.4, 0.5) is 0 Å².